The van der Waals surface area contributed by atoms with Crippen molar-refractivity contribution < 1.29 is 4.79 Å². The van der Waals surface area contributed by atoms with Gasteiger partial charge >= 0.3 is 0 Å². The highest BCUT2D eigenvalue weighted by Gasteiger charge is 2.23. The summed E-state index contributed by atoms with van der Waals surface area (Å²) in [5.41, 5.74) is 6.59. The van der Waals surface area contributed by atoms with Crippen LogP contribution in [0.25, 0.3) is 0 Å². The molecular formula is C14H19ClN2OS. The lowest BCUT2D eigenvalue weighted by atomic mass is 10.0. The van der Waals surface area contributed by atoms with E-state index >= 15 is 0 Å². The first kappa shape index (κ1) is 14.7. The molecule has 19 heavy (non-hydrogen) atoms. The third-order valence-corrected chi connectivity index (χ3v) is 4.49. The maximum absolute atomic E-state index is 12.6. The number of nitrogens with zero attached hydrogens (tertiary/aromatic N) is 1. The Labute approximate surface area is 123 Å². The number of carbonyl (C=O) groups is 1. The summed E-state index contributed by atoms with van der Waals surface area (Å²) in [6.07, 6.45) is 1.76. The molecule has 2 rings (SSSR count). The van der Waals surface area contributed by atoms with Crippen LogP contribution in [-0.2, 0) is 0 Å². The summed E-state index contributed by atoms with van der Waals surface area (Å²) in [6.45, 7) is 3.55. The first-order valence-corrected chi connectivity index (χ1v) is 7.95. The molecule has 0 aliphatic carbocycles. The zero-order valence-electron chi connectivity index (χ0n) is 11.1. The first-order valence-electron chi connectivity index (χ1n) is 6.59. The molecule has 1 aliphatic heterocycles. The predicted molar refractivity (Wildman–Crippen MR) is 81.0 cm³/mol. The molecule has 1 aliphatic rings. The number of amides is 1. The van der Waals surface area contributed by atoms with Gasteiger partial charge in [0, 0.05) is 29.0 Å². The largest absolute Gasteiger partial charge is 0.338 e. The Balaban J connectivity index is 2.20. The van der Waals surface area contributed by atoms with Crippen LogP contribution in [-0.4, -0.2) is 35.7 Å². The topological polar surface area (TPSA) is 46.3 Å². The molecule has 0 saturated carbocycles. The number of hydrogen-bond acceptors (Lipinski definition) is 3. The molecule has 0 spiro atoms. The SMILES string of the molecule is CCSc1ccc(Cl)cc1C(=O)N1CCC(N)CC1. The summed E-state index contributed by atoms with van der Waals surface area (Å²) in [5.74, 6) is 1.01. The number of thioether (sulfide) groups is 1. The molecule has 0 radical (unpaired) electrons. The summed E-state index contributed by atoms with van der Waals surface area (Å²) < 4.78 is 0. The van der Waals surface area contributed by atoms with Crippen LogP contribution in [0.15, 0.2) is 23.1 Å². The highest BCUT2D eigenvalue weighted by atomic mass is 35.5. The minimum atomic E-state index is 0.0744. The number of piperidine rings is 1. The molecule has 1 amide bonds. The van der Waals surface area contributed by atoms with E-state index in [2.05, 4.69) is 6.92 Å². The van der Waals surface area contributed by atoms with Gasteiger partial charge in [-0.2, -0.15) is 0 Å². The maximum atomic E-state index is 12.6. The van der Waals surface area contributed by atoms with E-state index in [9.17, 15) is 4.79 Å². The highest BCUT2D eigenvalue weighted by Crippen LogP contribution is 2.27. The minimum absolute atomic E-state index is 0.0744. The molecule has 1 fully saturated rings. The fourth-order valence-corrected chi connectivity index (χ4v) is 3.17. The van der Waals surface area contributed by atoms with Crippen LogP contribution in [0.5, 0.6) is 0 Å². The number of rotatable bonds is 3. The smallest absolute Gasteiger partial charge is 0.255 e. The zero-order valence-corrected chi connectivity index (χ0v) is 12.6. The number of carbonyl (C=O) groups excluding carboxylic acids is 1. The number of halogens is 1. The van der Waals surface area contributed by atoms with E-state index in [4.69, 9.17) is 17.3 Å². The molecule has 1 heterocycles. The molecule has 0 aromatic heterocycles. The molecule has 0 unspecified atom stereocenters. The van der Waals surface area contributed by atoms with Gasteiger partial charge in [0.05, 0.1) is 5.56 Å². The van der Waals surface area contributed by atoms with Crippen molar-refractivity contribution in [2.75, 3.05) is 18.8 Å². The van der Waals surface area contributed by atoms with Gasteiger partial charge in [0.15, 0.2) is 0 Å². The van der Waals surface area contributed by atoms with E-state index in [0.29, 0.717) is 5.02 Å². The highest BCUT2D eigenvalue weighted by molar-refractivity contribution is 7.99. The van der Waals surface area contributed by atoms with Gasteiger partial charge in [0.1, 0.15) is 0 Å². The zero-order chi connectivity index (χ0) is 13.8. The fraction of sp³-hybridized carbons (Fsp3) is 0.500. The molecule has 0 atom stereocenters. The average molecular weight is 299 g/mol. The van der Waals surface area contributed by atoms with Crippen molar-refractivity contribution in [2.45, 2.75) is 30.7 Å². The Bertz CT molecular complexity index is 459. The Morgan fingerprint density at radius 2 is 2.16 bits per heavy atom. The van der Waals surface area contributed by atoms with Gasteiger partial charge in [-0.1, -0.05) is 18.5 Å². The van der Waals surface area contributed by atoms with E-state index in [1.54, 1.807) is 17.8 Å². The van der Waals surface area contributed by atoms with Crippen molar-refractivity contribution in [1.29, 1.82) is 0 Å². The Hall–Kier alpha value is -0.710. The lowest BCUT2D eigenvalue weighted by Gasteiger charge is -2.30. The molecule has 1 aromatic carbocycles. The van der Waals surface area contributed by atoms with Crippen molar-refractivity contribution in [1.82, 2.24) is 4.90 Å². The van der Waals surface area contributed by atoms with Gasteiger partial charge in [-0.25, -0.2) is 0 Å². The van der Waals surface area contributed by atoms with Crippen molar-refractivity contribution in [3.05, 3.63) is 28.8 Å². The average Bonchev–Trinajstić information content (AvgIpc) is 2.41. The summed E-state index contributed by atoms with van der Waals surface area (Å²) in [5, 5.41) is 0.609. The lowest BCUT2D eigenvalue weighted by molar-refractivity contribution is 0.0711. The third kappa shape index (κ3) is 3.65. The van der Waals surface area contributed by atoms with E-state index in [-0.39, 0.29) is 11.9 Å². The van der Waals surface area contributed by atoms with Gasteiger partial charge in [0.25, 0.3) is 5.91 Å². The molecule has 3 nitrogen and oxygen atoms in total. The van der Waals surface area contributed by atoms with E-state index in [1.807, 2.05) is 17.0 Å². The molecule has 5 heteroatoms. The van der Waals surface area contributed by atoms with Gasteiger partial charge < -0.3 is 10.6 Å². The van der Waals surface area contributed by atoms with E-state index in [1.165, 1.54) is 0 Å². The fourth-order valence-electron chi connectivity index (χ4n) is 2.22. The normalized spacial score (nSPS) is 16.7. The molecule has 2 N–H and O–H groups in total. The van der Waals surface area contributed by atoms with Crippen LogP contribution < -0.4 is 5.73 Å². The second-order valence-corrected chi connectivity index (χ2v) is 6.45. The van der Waals surface area contributed by atoms with Crippen molar-refractivity contribution >= 4 is 29.3 Å². The number of nitrogens with two attached hydrogens (primary N) is 1. The molecule has 1 saturated heterocycles. The second kappa shape index (κ2) is 6.64. The monoisotopic (exact) mass is 298 g/mol. The van der Waals surface area contributed by atoms with Gasteiger partial charge in [-0.15, -0.1) is 11.8 Å². The summed E-state index contributed by atoms with van der Waals surface area (Å²) in [6, 6.07) is 5.77. The second-order valence-electron chi connectivity index (χ2n) is 4.70. The van der Waals surface area contributed by atoms with E-state index in [0.717, 1.165) is 42.1 Å². The third-order valence-electron chi connectivity index (χ3n) is 3.30. The lowest BCUT2D eigenvalue weighted by Crippen LogP contribution is -2.43. The number of benzene rings is 1. The Kier molecular flexibility index (Phi) is 5.13. The predicted octanol–water partition coefficient (Wildman–Crippen LogP) is 3.02. The first-order chi connectivity index (χ1) is 9.11. The Morgan fingerprint density at radius 1 is 1.47 bits per heavy atom. The summed E-state index contributed by atoms with van der Waals surface area (Å²) >= 11 is 7.70. The molecular weight excluding hydrogens is 280 g/mol. The quantitative estimate of drug-likeness (QED) is 0.873. The van der Waals surface area contributed by atoms with Crippen LogP contribution >= 0.6 is 23.4 Å². The van der Waals surface area contributed by atoms with Crippen molar-refractivity contribution in [2.24, 2.45) is 5.73 Å². The Morgan fingerprint density at radius 3 is 2.79 bits per heavy atom. The number of hydrogen-bond donors (Lipinski definition) is 1. The van der Waals surface area contributed by atoms with Crippen LogP contribution in [0.4, 0.5) is 0 Å². The molecule has 0 bridgehead atoms. The van der Waals surface area contributed by atoms with Crippen molar-refractivity contribution in [3.63, 3.8) is 0 Å². The van der Waals surface area contributed by atoms with Crippen molar-refractivity contribution in [3.8, 4) is 0 Å². The number of likely N-dealkylation sites (tertiary alicyclic amines) is 1. The van der Waals surface area contributed by atoms with Crippen LogP contribution in [0.1, 0.15) is 30.1 Å². The standard InChI is InChI=1S/C14H19ClN2OS/c1-2-19-13-4-3-10(15)9-12(13)14(18)17-7-5-11(16)6-8-17/h3-4,9,11H,2,5-8,16H2,1H3. The summed E-state index contributed by atoms with van der Waals surface area (Å²) in [4.78, 5) is 15.5. The van der Waals surface area contributed by atoms with Gasteiger partial charge in [-0.3, -0.25) is 4.79 Å². The van der Waals surface area contributed by atoms with Gasteiger partial charge in [0.2, 0.25) is 0 Å². The molecule has 104 valence electrons. The summed E-state index contributed by atoms with van der Waals surface area (Å²) in [7, 11) is 0. The molecule has 1 aromatic rings. The van der Waals surface area contributed by atoms with Crippen LogP contribution in [0.2, 0.25) is 5.02 Å². The van der Waals surface area contributed by atoms with E-state index < -0.39 is 0 Å². The van der Waals surface area contributed by atoms with Gasteiger partial charge in [-0.05, 0) is 36.8 Å². The van der Waals surface area contributed by atoms with Crippen LogP contribution in [0.3, 0.4) is 0 Å². The van der Waals surface area contributed by atoms with Crippen LogP contribution in [0, 0.1) is 0 Å². The minimum Gasteiger partial charge on any atom is -0.338 e. The maximum Gasteiger partial charge on any atom is 0.255 e.